The first-order valence-electron chi connectivity index (χ1n) is 4.05. The van der Waals surface area contributed by atoms with Crippen molar-refractivity contribution < 1.29 is 9.21 Å². The van der Waals surface area contributed by atoms with Gasteiger partial charge in [-0.15, -0.1) is 0 Å². The lowest BCUT2D eigenvalue weighted by Crippen LogP contribution is -2.00. The van der Waals surface area contributed by atoms with E-state index in [1.807, 2.05) is 16.8 Å². The van der Waals surface area contributed by atoms with Crippen LogP contribution >= 0.6 is 27.3 Å². The highest BCUT2D eigenvalue weighted by molar-refractivity contribution is 9.10. The Hall–Kier alpha value is -0.870. The first-order chi connectivity index (χ1) is 6.75. The minimum Gasteiger partial charge on any atom is -0.454 e. The second-order valence-corrected chi connectivity index (χ2v) is 4.38. The number of furan rings is 1. The van der Waals surface area contributed by atoms with E-state index in [1.165, 1.54) is 11.3 Å². The molecule has 0 radical (unpaired) electrons. The number of thiophene rings is 1. The van der Waals surface area contributed by atoms with Gasteiger partial charge in [0.05, 0.1) is 6.42 Å². The number of carbonyl (C=O) groups excluding carboxylic acids is 1. The maximum atomic E-state index is 11.6. The molecule has 0 saturated carbocycles. The van der Waals surface area contributed by atoms with Gasteiger partial charge in [0, 0.05) is 10.9 Å². The fraction of sp³-hybridized carbons (Fsp3) is 0.100. The molecule has 0 aliphatic heterocycles. The smallest absolute Gasteiger partial charge is 0.171 e. The summed E-state index contributed by atoms with van der Waals surface area (Å²) in [5.74, 6) is 0.779. The van der Waals surface area contributed by atoms with Crippen molar-refractivity contribution in [1.82, 2.24) is 0 Å². The van der Waals surface area contributed by atoms with E-state index in [0.29, 0.717) is 16.9 Å². The lowest BCUT2D eigenvalue weighted by molar-refractivity contribution is 0.0987. The molecule has 0 aliphatic carbocycles. The Balaban J connectivity index is 2.09. The van der Waals surface area contributed by atoms with Gasteiger partial charge in [0.2, 0.25) is 0 Å². The second-order valence-electron chi connectivity index (χ2n) is 2.82. The van der Waals surface area contributed by atoms with Gasteiger partial charge >= 0.3 is 0 Å². The highest BCUT2D eigenvalue weighted by Crippen LogP contribution is 2.16. The summed E-state index contributed by atoms with van der Waals surface area (Å²) >= 11 is 4.72. The van der Waals surface area contributed by atoms with Crippen LogP contribution in [0.3, 0.4) is 0 Å². The molecule has 0 fully saturated rings. The molecule has 2 aromatic rings. The van der Waals surface area contributed by atoms with Crippen molar-refractivity contribution in [3.63, 3.8) is 0 Å². The summed E-state index contributed by atoms with van der Waals surface area (Å²) in [6.07, 6.45) is 0.322. The summed E-state index contributed by atoms with van der Waals surface area (Å²) in [6, 6.07) is 5.41. The Labute approximate surface area is 93.7 Å². The van der Waals surface area contributed by atoms with Gasteiger partial charge in [-0.3, -0.25) is 4.79 Å². The normalized spacial score (nSPS) is 10.4. The first kappa shape index (κ1) is 9.68. The van der Waals surface area contributed by atoms with Gasteiger partial charge in [-0.05, 0) is 39.5 Å². The van der Waals surface area contributed by atoms with Gasteiger partial charge in [0.1, 0.15) is 5.76 Å². The van der Waals surface area contributed by atoms with E-state index >= 15 is 0 Å². The monoisotopic (exact) mass is 270 g/mol. The van der Waals surface area contributed by atoms with E-state index in [0.717, 1.165) is 5.56 Å². The summed E-state index contributed by atoms with van der Waals surface area (Å²) < 4.78 is 5.91. The molecule has 2 rings (SSSR count). The molecule has 0 atom stereocenters. The average molecular weight is 271 g/mol. The van der Waals surface area contributed by atoms with Crippen molar-refractivity contribution in [2.24, 2.45) is 0 Å². The van der Waals surface area contributed by atoms with E-state index in [4.69, 9.17) is 4.42 Å². The fourth-order valence-corrected chi connectivity index (χ4v) is 2.13. The van der Waals surface area contributed by atoms with Gasteiger partial charge in [0.25, 0.3) is 0 Å². The van der Waals surface area contributed by atoms with Crippen LogP contribution in [0.4, 0.5) is 0 Å². The van der Waals surface area contributed by atoms with Crippen molar-refractivity contribution in [3.05, 3.63) is 45.0 Å². The molecular formula is C10H7BrO2S. The molecule has 4 heteroatoms. The quantitative estimate of drug-likeness (QED) is 0.799. The molecule has 0 aliphatic rings. The van der Waals surface area contributed by atoms with Gasteiger partial charge in [-0.1, -0.05) is 0 Å². The van der Waals surface area contributed by atoms with Crippen molar-refractivity contribution in [2.45, 2.75) is 6.42 Å². The van der Waals surface area contributed by atoms with Crippen LogP contribution in [0.5, 0.6) is 0 Å². The van der Waals surface area contributed by atoms with Crippen molar-refractivity contribution in [1.29, 1.82) is 0 Å². The highest BCUT2D eigenvalue weighted by Gasteiger charge is 2.09. The van der Waals surface area contributed by atoms with Crippen LogP contribution in [0.15, 0.2) is 38.0 Å². The third-order valence-corrected chi connectivity index (χ3v) is 2.92. The van der Waals surface area contributed by atoms with E-state index in [9.17, 15) is 4.79 Å². The third kappa shape index (κ3) is 2.13. The third-order valence-electron chi connectivity index (χ3n) is 1.81. The fourth-order valence-electron chi connectivity index (χ4n) is 1.13. The number of hydrogen-bond acceptors (Lipinski definition) is 3. The van der Waals surface area contributed by atoms with Crippen molar-refractivity contribution in [3.8, 4) is 0 Å². The number of ketones is 1. The molecule has 0 N–H and O–H groups in total. The van der Waals surface area contributed by atoms with Crippen LogP contribution in [-0.2, 0) is 6.42 Å². The van der Waals surface area contributed by atoms with Gasteiger partial charge < -0.3 is 4.42 Å². The number of Topliss-reactive ketones (excluding diaryl/α,β-unsaturated/α-hetero) is 1. The molecule has 0 aromatic carbocycles. The van der Waals surface area contributed by atoms with Crippen LogP contribution in [-0.4, -0.2) is 5.78 Å². The van der Waals surface area contributed by atoms with Gasteiger partial charge in [0.15, 0.2) is 10.5 Å². The second kappa shape index (κ2) is 4.11. The molecule has 0 amide bonds. The van der Waals surface area contributed by atoms with Crippen LogP contribution in [0.1, 0.15) is 16.1 Å². The maximum absolute atomic E-state index is 11.6. The Morgan fingerprint density at radius 3 is 2.86 bits per heavy atom. The number of hydrogen-bond donors (Lipinski definition) is 0. The molecule has 0 bridgehead atoms. The first-order valence-corrected chi connectivity index (χ1v) is 5.79. The molecule has 2 heterocycles. The Kier molecular flexibility index (Phi) is 2.84. The maximum Gasteiger partial charge on any atom is 0.171 e. The highest BCUT2D eigenvalue weighted by atomic mass is 79.9. The van der Waals surface area contributed by atoms with Gasteiger partial charge in [-0.25, -0.2) is 0 Å². The number of halogens is 1. The zero-order valence-electron chi connectivity index (χ0n) is 7.20. The molecular weight excluding hydrogens is 264 g/mol. The summed E-state index contributed by atoms with van der Waals surface area (Å²) in [5.41, 5.74) is 0.752. The minimum absolute atomic E-state index is 0.0908. The Morgan fingerprint density at radius 2 is 2.29 bits per heavy atom. The molecule has 0 spiro atoms. The SMILES string of the molecule is O=C(Cc1ccc(Br)o1)c1ccsc1. The van der Waals surface area contributed by atoms with Crippen molar-refractivity contribution >= 4 is 33.0 Å². The van der Waals surface area contributed by atoms with Gasteiger partial charge in [-0.2, -0.15) is 11.3 Å². The summed E-state index contributed by atoms with van der Waals surface area (Å²) in [6.45, 7) is 0. The van der Waals surface area contributed by atoms with Crippen LogP contribution in [0.25, 0.3) is 0 Å². The largest absolute Gasteiger partial charge is 0.454 e. The summed E-state index contributed by atoms with van der Waals surface area (Å²) in [4.78, 5) is 11.6. The van der Waals surface area contributed by atoms with E-state index < -0.39 is 0 Å². The molecule has 2 nitrogen and oxygen atoms in total. The summed E-state index contributed by atoms with van der Waals surface area (Å²) in [5, 5.41) is 3.74. The molecule has 14 heavy (non-hydrogen) atoms. The predicted molar refractivity (Wildman–Crippen MR) is 58.8 cm³/mol. The van der Waals surface area contributed by atoms with Crippen LogP contribution in [0, 0.1) is 0 Å². The Bertz CT molecular complexity index is 431. The van der Waals surface area contributed by atoms with Crippen molar-refractivity contribution in [2.75, 3.05) is 0 Å². The predicted octanol–water partition coefficient (Wildman–Crippen LogP) is 3.53. The van der Waals surface area contributed by atoms with E-state index in [2.05, 4.69) is 15.9 Å². The van der Waals surface area contributed by atoms with E-state index in [1.54, 1.807) is 12.1 Å². The lowest BCUT2D eigenvalue weighted by atomic mass is 10.1. The average Bonchev–Trinajstić information content (AvgIpc) is 2.75. The van der Waals surface area contributed by atoms with E-state index in [-0.39, 0.29) is 5.78 Å². The molecule has 2 aromatic heterocycles. The lowest BCUT2D eigenvalue weighted by Gasteiger charge is -1.93. The minimum atomic E-state index is 0.0908. The molecule has 0 saturated heterocycles. The zero-order chi connectivity index (χ0) is 9.97. The molecule has 72 valence electrons. The van der Waals surface area contributed by atoms with Crippen LogP contribution < -0.4 is 0 Å². The topological polar surface area (TPSA) is 30.2 Å². The standard InChI is InChI=1S/C10H7BrO2S/c11-10-2-1-8(13-10)5-9(12)7-3-4-14-6-7/h1-4,6H,5H2. The zero-order valence-corrected chi connectivity index (χ0v) is 9.60. The molecule has 0 unspecified atom stereocenters. The van der Waals surface area contributed by atoms with Crippen LogP contribution in [0.2, 0.25) is 0 Å². The number of rotatable bonds is 3. The summed E-state index contributed by atoms with van der Waals surface area (Å²) in [7, 11) is 0. The number of carbonyl (C=O) groups is 1. The Morgan fingerprint density at radius 1 is 1.43 bits per heavy atom.